The Hall–Kier alpha value is -0.0400. The van der Waals surface area contributed by atoms with E-state index in [9.17, 15) is 0 Å². The predicted molar refractivity (Wildman–Crippen MR) is 153 cm³/mol. The van der Waals surface area contributed by atoms with Gasteiger partial charge in [0.1, 0.15) is 0 Å². The third kappa shape index (κ3) is 16.3. The van der Waals surface area contributed by atoms with Crippen molar-refractivity contribution in [2.24, 2.45) is 17.8 Å². The summed E-state index contributed by atoms with van der Waals surface area (Å²) < 4.78 is 1.46. The average Bonchev–Trinajstić information content (AvgIpc) is 2.84. The van der Waals surface area contributed by atoms with E-state index in [1.165, 1.54) is 146 Å². The van der Waals surface area contributed by atoms with Gasteiger partial charge in [0, 0.05) is 17.8 Å². The van der Waals surface area contributed by atoms with Crippen LogP contribution in [0.3, 0.4) is 0 Å². The standard InChI is InChI=1S/C32H68N/c1-8-15-19-20-21-22-26-33(27-30(12-5)23-16-9-2,28-31(13-6)24-17-10-3)29-32(14-7)25-18-11-4/h30-32H,8-29H2,1-7H3/q+1. The molecule has 0 aromatic rings. The van der Waals surface area contributed by atoms with Gasteiger partial charge in [-0.25, -0.2) is 0 Å². The van der Waals surface area contributed by atoms with Crippen LogP contribution in [-0.4, -0.2) is 30.7 Å². The number of unbranched alkanes of at least 4 members (excludes halogenated alkanes) is 8. The van der Waals surface area contributed by atoms with Gasteiger partial charge < -0.3 is 4.48 Å². The molecular weight excluding hydrogens is 398 g/mol. The highest BCUT2D eigenvalue weighted by Gasteiger charge is 2.34. The zero-order chi connectivity index (χ0) is 24.8. The van der Waals surface area contributed by atoms with E-state index in [1.807, 2.05) is 0 Å². The fourth-order valence-electron chi connectivity index (χ4n) is 6.12. The fourth-order valence-corrected chi connectivity index (χ4v) is 6.12. The summed E-state index contributed by atoms with van der Waals surface area (Å²) in [7, 11) is 0. The van der Waals surface area contributed by atoms with Crippen molar-refractivity contribution in [3.8, 4) is 0 Å². The summed E-state index contributed by atoms with van der Waals surface area (Å²) in [4.78, 5) is 0. The minimum Gasteiger partial charge on any atom is -0.323 e. The van der Waals surface area contributed by atoms with E-state index in [2.05, 4.69) is 48.5 Å². The average molecular weight is 467 g/mol. The molecule has 3 atom stereocenters. The van der Waals surface area contributed by atoms with Crippen LogP contribution >= 0.6 is 0 Å². The van der Waals surface area contributed by atoms with E-state index in [0.717, 1.165) is 17.8 Å². The van der Waals surface area contributed by atoms with Crippen molar-refractivity contribution in [1.82, 2.24) is 0 Å². The Bertz CT molecular complexity index is 344. The van der Waals surface area contributed by atoms with Crippen LogP contribution in [0.25, 0.3) is 0 Å². The van der Waals surface area contributed by atoms with Crippen molar-refractivity contribution < 1.29 is 4.48 Å². The maximum absolute atomic E-state index is 2.47. The van der Waals surface area contributed by atoms with Crippen LogP contribution in [0.4, 0.5) is 0 Å². The summed E-state index contributed by atoms with van der Waals surface area (Å²) in [5.41, 5.74) is 0. The van der Waals surface area contributed by atoms with Gasteiger partial charge in [-0.05, 0) is 51.4 Å². The van der Waals surface area contributed by atoms with E-state index in [-0.39, 0.29) is 0 Å². The molecule has 0 rings (SSSR count). The molecule has 0 fully saturated rings. The van der Waals surface area contributed by atoms with Gasteiger partial charge in [-0.15, -0.1) is 0 Å². The van der Waals surface area contributed by atoms with Crippen LogP contribution in [0.5, 0.6) is 0 Å². The highest BCUT2D eigenvalue weighted by Crippen LogP contribution is 2.29. The van der Waals surface area contributed by atoms with Gasteiger partial charge in [0.15, 0.2) is 0 Å². The monoisotopic (exact) mass is 467 g/mol. The van der Waals surface area contributed by atoms with Crippen molar-refractivity contribution in [2.45, 2.75) is 164 Å². The van der Waals surface area contributed by atoms with Crippen molar-refractivity contribution in [3.63, 3.8) is 0 Å². The summed E-state index contributed by atoms with van der Waals surface area (Å²) in [6.45, 7) is 22.8. The molecule has 0 aromatic heterocycles. The van der Waals surface area contributed by atoms with E-state index < -0.39 is 0 Å². The number of nitrogens with zero attached hydrogens (tertiary/aromatic N) is 1. The van der Waals surface area contributed by atoms with Gasteiger partial charge in [-0.3, -0.25) is 0 Å². The molecule has 33 heavy (non-hydrogen) atoms. The molecule has 0 radical (unpaired) electrons. The second kappa shape index (κ2) is 22.4. The molecule has 1 nitrogen and oxygen atoms in total. The van der Waals surface area contributed by atoms with Gasteiger partial charge in [-0.2, -0.15) is 0 Å². The Morgan fingerprint density at radius 2 is 0.727 bits per heavy atom. The van der Waals surface area contributed by atoms with Crippen LogP contribution < -0.4 is 0 Å². The molecular formula is C32H68N+. The third-order valence-corrected chi connectivity index (χ3v) is 8.55. The maximum atomic E-state index is 2.47. The third-order valence-electron chi connectivity index (χ3n) is 8.55. The molecule has 0 amide bonds. The number of hydrogen-bond acceptors (Lipinski definition) is 0. The summed E-state index contributed by atoms with van der Waals surface area (Å²) in [5, 5.41) is 0. The molecule has 0 aliphatic carbocycles. The SMILES string of the molecule is CCCCCCCC[N+](CC(CC)CCCC)(CC(CC)CCCC)CC(CC)CCCC. The Kier molecular flexibility index (Phi) is 22.4. The molecule has 0 heterocycles. The van der Waals surface area contributed by atoms with Gasteiger partial charge >= 0.3 is 0 Å². The summed E-state index contributed by atoms with van der Waals surface area (Å²) in [6, 6.07) is 0. The first-order valence-corrected chi connectivity index (χ1v) is 15.9. The largest absolute Gasteiger partial charge is 0.323 e. The molecule has 200 valence electrons. The van der Waals surface area contributed by atoms with Gasteiger partial charge in [-0.1, -0.05) is 113 Å². The molecule has 0 aliphatic rings. The predicted octanol–water partition coefficient (Wildman–Crippen LogP) is 10.8. The van der Waals surface area contributed by atoms with Gasteiger partial charge in [0.2, 0.25) is 0 Å². The maximum Gasteiger partial charge on any atom is 0.0815 e. The number of rotatable bonds is 25. The van der Waals surface area contributed by atoms with Crippen LogP contribution in [0.2, 0.25) is 0 Å². The quantitative estimate of drug-likeness (QED) is 0.0926. The first kappa shape index (κ1) is 33.0. The highest BCUT2D eigenvalue weighted by atomic mass is 15.4. The first-order valence-electron chi connectivity index (χ1n) is 15.9. The van der Waals surface area contributed by atoms with Gasteiger partial charge in [0.05, 0.1) is 26.2 Å². The van der Waals surface area contributed by atoms with Crippen molar-refractivity contribution in [2.75, 3.05) is 26.2 Å². The Balaban J connectivity index is 5.67. The molecule has 1 heteroatoms. The fraction of sp³-hybridized carbons (Fsp3) is 1.00. The molecule has 3 unspecified atom stereocenters. The van der Waals surface area contributed by atoms with Crippen LogP contribution in [0, 0.1) is 17.8 Å². The summed E-state index contributed by atoms with van der Waals surface area (Å²) in [5.74, 6) is 2.78. The molecule has 0 aliphatic heterocycles. The van der Waals surface area contributed by atoms with Gasteiger partial charge in [0.25, 0.3) is 0 Å². The Morgan fingerprint density at radius 3 is 1.06 bits per heavy atom. The lowest BCUT2D eigenvalue weighted by Crippen LogP contribution is -2.56. The normalized spacial score (nSPS) is 16.5. The zero-order valence-corrected chi connectivity index (χ0v) is 24.7. The van der Waals surface area contributed by atoms with E-state index >= 15 is 0 Å². The minimum atomic E-state index is 0.928. The van der Waals surface area contributed by atoms with Crippen molar-refractivity contribution in [3.05, 3.63) is 0 Å². The number of hydrogen-bond donors (Lipinski definition) is 0. The first-order chi connectivity index (χ1) is 16.0. The van der Waals surface area contributed by atoms with Crippen molar-refractivity contribution in [1.29, 1.82) is 0 Å². The second-order valence-corrected chi connectivity index (χ2v) is 11.6. The smallest absolute Gasteiger partial charge is 0.0815 e. The lowest BCUT2D eigenvalue weighted by Gasteiger charge is -2.45. The number of quaternary nitrogens is 1. The Morgan fingerprint density at radius 1 is 0.394 bits per heavy atom. The van der Waals surface area contributed by atoms with E-state index in [1.54, 1.807) is 0 Å². The zero-order valence-electron chi connectivity index (χ0n) is 24.7. The van der Waals surface area contributed by atoms with E-state index in [4.69, 9.17) is 0 Å². The molecule has 0 N–H and O–H groups in total. The van der Waals surface area contributed by atoms with Crippen LogP contribution in [0.1, 0.15) is 164 Å². The summed E-state index contributed by atoms with van der Waals surface area (Å²) in [6.07, 6.45) is 25.5. The molecule has 0 aromatic carbocycles. The van der Waals surface area contributed by atoms with E-state index in [0.29, 0.717) is 0 Å². The Labute approximate surface area is 212 Å². The topological polar surface area (TPSA) is 0 Å². The molecule has 0 saturated carbocycles. The molecule has 0 bridgehead atoms. The molecule has 0 spiro atoms. The van der Waals surface area contributed by atoms with Crippen molar-refractivity contribution >= 4 is 0 Å². The molecule has 0 saturated heterocycles. The highest BCUT2D eigenvalue weighted by molar-refractivity contribution is 4.67. The second-order valence-electron chi connectivity index (χ2n) is 11.6. The minimum absolute atomic E-state index is 0.928. The lowest BCUT2D eigenvalue weighted by molar-refractivity contribution is -0.937. The summed E-state index contributed by atoms with van der Waals surface area (Å²) >= 11 is 0. The van der Waals surface area contributed by atoms with Crippen LogP contribution in [-0.2, 0) is 0 Å². The van der Waals surface area contributed by atoms with Crippen LogP contribution in [0.15, 0.2) is 0 Å². The lowest BCUT2D eigenvalue weighted by atomic mass is 9.90.